The molecule has 0 aliphatic heterocycles. The highest BCUT2D eigenvalue weighted by atomic mass is 16.3. The molecular weight excluding hydrogens is 136 g/mol. The molecule has 0 atom stereocenters. The fourth-order valence-corrected chi connectivity index (χ4v) is 0.387. The van der Waals surface area contributed by atoms with E-state index in [1.54, 1.807) is 6.08 Å². The summed E-state index contributed by atoms with van der Waals surface area (Å²) in [6, 6.07) is 0. The normalized spacial score (nSPS) is 11.6. The number of hydrogen-bond donors (Lipinski definition) is 1. The predicted octanol–water partition coefficient (Wildman–Crippen LogP) is 3.69. The van der Waals surface area contributed by atoms with Crippen LogP contribution in [-0.4, -0.2) is 5.11 Å². The van der Waals surface area contributed by atoms with Crippen molar-refractivity contribution in [3.63, 3.8) is 0 Å². The zero-order chi connectivity index (χ0) is 9.28. The first kappa shape index (κ1) is 12.9. The Bertz CT molecular complexity index is 121. The molecule has 0 aromatic carbocycles. The van der Waals surface area contributed by atoms with E-state index >= 15 is 0 Å². The number of hydrogen-bond acceptors (Lipinski definition) is 1. The third-order valence-corrected chi connectivity index (χ3v) is 1.05. The Morgan fingerprint density at radius 3 is 2.00 bits per heavy atom. The second-order valence-corrected chi connectivity index (χ2v) is 2.27. The molecule has 0 spiro atoms. The van der Waals surface area contributed by atoms with Gasteiger partial charge in [-0.15, -0.1) is 0 Å². The van der Waals surface area contributed by atoms with Crippen molar-refractivity contribution in [1.82, 2.24) is 0 Å². The van der Waals surface area contributed by atoms with Crippen LogP contribution in [0.15, 0.2) is 24.0 Å². The lowest BCUT2D eigenvalue weighted by Crippen LogP contribution is -1.90. The summed E-state index contributed by atoms with van der Waals surface area (Å²) in [7, 11) is 0. The molecule has 11 heavy (non-hydrogen) atoms. The highest BCUT2D eigenvalue weighted by Gasteiger charge is 1.95. The molecule has 66 valence electrons. The van der Waals surface area contributed by atoms with Crippen LogP contribution in [0.25, 0.3) is 0 Å². The first-order valence-corrected chi connectivity index (χ1v) is 4.20. The molecule has 0 fully saturated rings. The molecule has 0 radical (unpaired) electrons. The quantitative estimate of drug-likeness (QED) is 0.477. The molecule has 0 aliphatic rings. The van der Waals surface area contributed by atoms with E-state index < -0.39 is 0 Å². The van der Waals surface area contributed by atoms with Gasteiger partial charge in [0.1, 0.15) is 0 Å². The summed E-state index contributed by atoms with van der Waals surface area (Å²) in [5.74, 6) is 0.675. The Kier molecular flexibility index (Phi) is 10.9. The Labute approximate surface area is 70.4 Å². The van der Waals surface area contributed by atoms with Crippen molar-refractivity contribution in [2.45, 2.75) is 34.6 Å². The average molecular weight is 156 g/mol. The summed E-state index contributed by atoms with van der Waals surface area (Å²) in [4.78, 5) is 0. The summed E-state index contributed by atoms with van der Waals surface area (Å²) < 4.78 is 0. The average Bonchev–Trinajstić information content (AvgIpc) is 2.03. The first-order valence-electron chi connectivity index (χ1n) is 4.20. The molecule has 0 saturated carbocycles. The van der Waals surface area contributed by atoms with Crippen LogP contribution in [0.2, 0.25) is 0 Å². The lowest BCUT2D eigenvalue weighted by atomic mass is 10.2. The fraction of sp³-hybridized carbons (Fsp3) is 0.600. The van der Waals surface area contributed by atoms with Crippen LogP contribution in [0, 0.1) is 5.92 Å². The topological polar surface area (TPSA) is 20.2 Å². The van der Waals surface area contributed by atoms with Crippen molar-refractivity contribution >= 4 is 0 Å². The second kappa shape index (κ2) is 9.28. The molecule has 1 N–H and O–H groups in total. The summed E-state index contributed by atoms with van der Waals surface area (Å²) in [5.41, 5.74) is 0. The Morgan fingerprint density at radius 1 is 1.27 bits per heavy atom. The van der Waals surface area contributed by atoms with Crippen LogP contribution in [0.3, 0.4) is 0 Å². The van der Waals surface area contributed by atoms with E-state index in [2.05, 4.69) is 0 Å². The number of rotatable bonds is 2. The molecule has 0 heterocycles. The molecule has 0 amide bonds. The molecule has 1 heteroatoms. The van der Waals surface area contributed by atoms with Crippen LogP contribution in [-0.2, 0) is 0 Å². The monoisotopic (exact) mass is 156 g/mol. The number of aliphatic hydroxyl groups excluding tert-OH is 1. The van der Waals surface area contributed by atoms with Gasteiger partial charge in [-0.3, -0.25) is 0 Å². The second-order valence-electron chi connectivity index (χ2n) is 2.27. The van der Waals surface area contributed by atoms with Gasteiger partial charge in [0.15, 0.2) is 0 Å². The van der Waals surface area contributed by atoms with Gasteiger partial charge in [-0.05, 0) is 13.0 Å². The molecule has 0 saturated heterocycles. The standard InChI is InChI=1S/C8H14O.C2H6/c1-4-5-6-8(9)7(2)3;1-2/h4-7,9H,1-3H3;1-2H3/b5-4-,8-6+;. The third kappa shape index (κ3) is 9.28. The summed E-state index contributed by atoms with van der Waals surface area (Å²) in [6.45, 7) is 9.83. The van der Waals surface area contributed by atoms with Gasteiger partial charge >= 0.3 is 0 Å². The minimum absolute atomic E-state index is 0.237. The molecule has 0 aromatic heterocycles. The van der Waals surface area contributed by atoms with E-state index in [1.165, 1.54) is 0 Å². The van der Waals surface area contributed by atoms with Gasteiger partial charge in [0, 0.05) is 5.92 Å². The van der Waals surface area contributed by atoms with Crippen molar-refractivity contribution in [1.29, 1.82) is 0 Å². The van der Waals surface area contributed by atoms with Crippen LogP contribution in [0.1, 0.15) is 34.6 Å². The third-order valence-electron chi connectivity index (χ3n) is 1.05. The van der Waals surface area contributed by atoms with E-state index in [0.29, 0.717) is 5.76 Å². The van der Waals surface area contributed by atoms with E-state index in [9.17, 15) is 0 Å². The van der Waals surface area contributed by atoms with Crippen LogP contribution in [0.4, 0.5) is 0 Å². The molecule has 0 rings (SSSR count). The Morgan fingerprint density at radius 2 is 1.73 bits per heavy atom. The maximum atomic E-state index is 9.07. The van der Waals surface area contributed by atoms with E-state index in [0.717, 1.165) is 0 Å². The van der Waals surface area contributed by atoms with Crippen molar-refractivity contribution in [3.8, 4) is 0 Å². The number of allylic oxidation sites excluding steroid dienone is 4. The Hall–Kier alpha value is -0.720. The lowest BCUT2D eigenvalue weighted by molar-refractivity contribution is 0.352. The van der Waals surface area contributed by atoms with Crippen LogP contribution in [0.5, 0.6) is 0 Å². The van der Waals surface area contributed by atoms with Crippen molar-refractivity contribution in [2.75, 3.05) is 0 Å². The molecule has 0 aliphatic carbocycles. The zero-order valence-electron chi connectivity index (χ0n) is 8.26. The molecular formula is C10H20O. The van der Waals surface area contributed by atoms with Gasteiger partial charge in [-0.2, -0.15) is 0 Å². The zero-order valence-corrected chi connectivity index (χ0v) is 8.26. The largest absolute Gasteiger partial charge is 0.512 e. The first-order chi connectivity index (χ1) is 5.18. The smallest absolute Gasteiger partial charge is 0.0947 e. The van der Waals surface area contributed by atoms with Gasteiger partial charge in [0.05, 0.1) is 5.76 Å². The summed E-state index contributed by atoms with van der Waals surface area (Å²) in [5, 5.41) is 9.07. The van der Waals surface area contributed by atoms with Crippen molar-refractivity contribution in [2.24, 2.45) is 5.92 Å². The van der Waals surface area contributed by atoms with Crippen molar-refractivity contribution in [3.05, 3.63) is 24.0 Å². The predicted molar refractivity (Wildman–Crippen MR) is 51.7 cm³/mol. The molecule has 0 aromatic rings. The van der Waals surface area contributed by atoms with E-state index in [-0.39, 0.29) is 5.92 Å². The van der Waals surface area contributed by atoms with Crippen LogP contribution >= 0.6 is 0 Å². The van der Waals surface area contributed by atoms with Crippen LogP contribution < -0.4 is 0 Å². The molecule has 1 nitrogen and oxygen atoms in total. The lowest BCUT2D eigenvalue weighted by Gasteiger charge is -1.99. The minimum Gasteiger partial charge on any atom is -0.512 e. The maximum absolute atomic E-state index is 9.07. The maximum Gasteiger partial charge on any atom is 0.0947 e. The SMILES string of the molecule is C/C=C\C=C(\O)C(C)C.CC. The van der Waals surface area contributed by atoms with Crippen molar-refractivity contribution < 1.29 is 5.11 Å². The summed E-state index contributed by atoms with van der Waals surface area (Å²) in [6.07, 6.45) is 5.43. The highest BCUT2D eigenvalue weighted by molar-refractivity contribution is 5.06. The Balaban J connectivity index is 0. The molecule has 0 bridgehead atoms. The van der Waals surface area contributed by atoms with E-state index in [1.807, 2.05) is 46.8 Å². The van der Waals surface area contributed by atoms with E-state index in [4.69, 9.17) is 5.11 Å². The van der Waals surface area contributed by atoms with Gasteiger partial charge in [-0.1, -0.05) is 39.8 Å². The summed E-state index contributed by atoms with van der Waals surface area (Å²) >= 11 is 0. The molecule has 0 unspecified atom stereocenters. The van der Waals surface area contributed by atoms with Gasteiger partial charge in [-0.25, -0.2) is 0 Å². The fourth-order valence-electron chi connectivity index (χ4n) is 0.387. The van der Waals surface area contributed by atoms with Gasteiger partial charge < -0.3 is 5.11 Å². The highest BCUT2D eigenvalue weighted by Crippen LogP contribution is 2.03. The minimum atomic E-state index is 0.237. The van der Waals surface area contributed by atoms with Gasteiger partial charge in [0.2, 0.25) is 0 Å². The van der Waals surface area contributed by atoms with Gasteiger partial charge in [0.25, 0.3) is 0 Å². The number of aliphatic hydroxyl groups is 1.